The number of hydrazone groups is 1. The van der Waals surface area contributed by atoms with Gasteiger partial charge in [0.1, 0.15) is 0 Å². The van der Waals surface area contributed by atoms with Crippen molar-refractivity contribution in [3.63, 3.8) is 0 Å². The maximum Gasteiger partial charge on any atom is 0.215 e. The van der Waals surface area contributed by atoms with Crippen LogP contribution < -0.4 is 0 Å². The van der Waals surface area contributed by atoms with Crippen molar-refractivity contribution in [2.45, 2.75) is 19.5 Å². The molecule has 2 unspecified atom stereocenters. The molecule has 0 saturated carbocycles. The van der Waals surface area contributed by atoms with Crippen LogP contribution in [0.2, 0.25) is 0 Å². The highest BCUT2D eigenvalue weighted by atomic mass is 16.5. The first-order chi connectivity index (χ1) is 9.38. The Morgan fingerprint density at radius 1 is 1.16 bits per heavy atom. The molecule has 0 fully saturated rings. The summed E-state index contributed by atoms with van der Waals surface area (Å²) >= 11 is 0. The van der Waals surface area contributed by atoms with Gasteiger partial charge in [0.25, 0.3) is 0 Å². The number of benzene rings is 1. The van der Waals surface area contributed by atoms with E-state index in [-0.39, 0.29) is 12.0 Å². The molecule has 3 rings (SSSR count). The predicted octanol–water partition coefficient (Wildman–Crippen LogP) is 2.96. The normalized spacial score (nSPS) is 24.3. The molecular weight excluding hydrogens is 236 g/mol. The van der Waals surface area contributed by atoms with E-state index in [0.29, 0.717) is 6.61 Å². The zero-order chi connectivity index (χ0) is 13.1. The molecule has 0 N–H and O–H groups in total. The Morgan fingerprint density at radius 3 is 2.74 bits per heavy atom. The molecule has 0 saturated heterocycles. The quantitative estimate of drug-likeness (QED) is 0.828. The number of hydrogen-bond donors (Lipinski definition) is 0. The van der Waals surface area contributed by atoms with Crippen molar-refractivity contribution in [1.29, 1.82) is 0 Å². The maximum atomic E-state index is 5.66. The largest absolute Gasteiger partial charge is 0.480 e. The van der Waals surface area contributed by atoms with Crippen molar-refractivity contribution in [1.82, 2.24) is 5.01 Å². The number of fused-ring (bicyclic) bond motifs is 1. The highest BCUT2D eigenvalue weighted by Gasteiger charge is 2.36. The average Bonchev–Trinajstić information content (AvgIpc) is 2.79. The third-order valence-electron chi connectivity index (χ3n) is 3.44. The summed E-state index contributed by atoms with van der Waals surface area (Å²) in [6.07, 6.45) is 8.53. The van der Waals surface area contributed by atoms with Gasteiger partial charge in [0.15, 0.2) is 0 Å². The average molecular weight is 254 g/mol. The molecule has 19 heavy (non-hydrogen) atoms. The summed E-state index contributed by atoms with van der Waals surface area (Å²) in [5.74, 6) is 1.10. The number of hydrogen-bond acceptors (Lipinski definition) is 3. The fourth-order valence-electron chi connectivity index (χ4n) is 2.55. The van der Waals surface area contributed by atoms with Crippen LogP contribution in [0.1, 0.15) is 12.5 Å². The monoisotopic (exact) mass is 254 g/mol. The lowest BCUT2D eigenvalue weighted by Crippen LogP contribution is -2.31. The molecule has 0 amide bonds. The molecule has 1 aromatic rings. The Bertz CT molecular complexity index is 519. The predicted molar refractivity (Wildman–Crippen MR) is 76.6 cm³/mol. The summed E-state index contributed by atoms with van der Waals surface area (Å²) in [4.78, 5) is 0. The highest BCUT2D eigenvalue weighted by Crippen LogP contribution is 2.29. The van der Waals surface area contributed by atoms with Gasteiger partial charge in [-0.2, -0.15) is 0 Å². The third kappa shape index (κ3) is 2.41. The van der Waals surface area contributed by atoms with Crippen molar-refractivity contribution in [2.75, 3.05) is 6.61 Å². The van der Waals surface area contributed by atoms with Crippen LogP contribution in [0.15, 0.2) is 59.7 Å². The van der Waals surface area contributed by atoms with Crippen LogP contribution in [0.3, 0.4) is 0 Å². The van der Waals surface area contributed by atoms with E-state index in [2.05, 4.69) is 58.7 Å². The van der Waals surface area contributed by atoms with Crippen LogP contribution in [0.4, 0.5) is 0 Å². The zero-order valence-electron chi connectivity index (χ0n) is 11.1. The van der Waals surface area contributed by atoms with Gasteiger partial charge in [-0.1, -0.05) is 54.6 Å². The van der Waals surface area contributed by atoms with Gasteiger partial charge in [-0.3, -0.25) is 5.01 Å². The topological polar surface area (TPSA) is 24.8 Å². The van der Waals surface area contributed by atoms with Crippen LogP contribution in [-0.2, 0) is 11.3 Å². The van der Waals surface area contributed by atoms with Gasteiger partial charge >= 0.3 is 0 Å². The Hall–Kier alpha value is -2.03. The number of rotatable bonds is 3. The van der Waals surface area contributed by atoms with E-state index in [1.54, 1.807) is 0 Å². The maximum absolute atomic E-state index is 5.66. The van der Waals surface area contributed by atoms with E-state index in [1.807, 2.05) is 13.0 Å². The molecule has 3 nitrogen and oxygen atoms in total. The molecule has 2 atom stereocenters. The van der Waals surface area contributed by atoms with Crippen LogP contribution in [0, 0.1) is 5.92 Å². The fraction of sp³-hybridized carbons (Fsp3) is 0.312. The molecule has 1 heterocycles. The first-order valence-electron chi connectivity index (χ1n) is 6.75. The highest BCUT2D eigenvalue weighted by molar-refractivity contribution is 5.83. The summed E-state index contributed by atoms with van der Waals surface area (Å²) in [6.45, 7) is 3.48. The summed E-state index contributed by atoms with van der Waals surface area (Å²) in [6, 6.07) is 10.7. The second kappa shape index (κ2) is 5.31. The van der Waals surface area contributed by atoms with Gasteiger partial charge in [-0.05, 0) is 12.5 Å². The van der Waals surface area contributed by atoms with E-state index in [4.69, 9.17) is 4.74 Å². The molecule has 0 radical (unpaired) electrons. The molecule has 2 aliphatic rings. The van der Waals surface area contributed by atoms with Gasteiger partial charge in [0, 0.05) is 0 Å². The van der Waals surface area contributed by atoms with Crippen molar-refractivity contribution >= 4 is 5.90 Å². The Labute approximate surface area is 113 Å². The Morgan fingerprint density at radius 2 is 1.95 bits per heavy atom. The van der Waals surface area contributed by atoms with Crippen molar-refractivity contribution in [3.8, 4) is 0 Å². The molecule has 3 heteroatoms. The molecule has 1 aromatic carbocycles. The van der Waals surface area contributed by atoms with E-state index in [1.165, 1.54) is 5.56 Å². The molecule has 0 aromatic heterocycles. The van der Waals surface area contributed by atoms with Gasteiger partial charge in [0.05, 0.1) is 25.1 Å². The molecule has 1 aliphatic carbocycles. The molecule has 1 aliphatic heterocycles. The standard InChI is InChI=1S/C16H18N2O/c1-2-19-16-14-10-6-7-11-15(14)18(17-16)12-13-8-4-3-5-9-13/h3-11,14-15H,2,12H2,1H3. The minimum atomic E-state index is 0.258. The van der Waals surface area contributed by atoms with Gasteiger partial charge < -0.3 is 4.74 Å². The SMILES string of the molecule is CCOC1=NN(Cc2ccccc2)C2C=CC=CC12. The lowest BCUT2D eigenvalue weighted by Gasteiger charge is -2.24. The van der Waals surface area contributed by atoms with E-state index in [0.717, 1.165) is 12.4 Å². The number of ether oxygens (including phenoxy) is 1. The van der Waals surface area contributed by atoms with E-state index in [9.17, 15) is 0 Å². The summed E-state index contributed by atoms with van der Waals surface area (Å²) in [7, 11) is 0. The summed E-state index contributed by atoms with van der Waals surface area (Å²) < 4.78 is 5.66. The van der Waals surface area contributed by atoms with Gasteiger partial charge in [-0.25, -0.2) is 0 Å². The second-order valence-corrected chi connectivity index (χ2v) is 4.74. The van der Waals surface area contributed by atoms with Crippen molar-refractivity contribution in [3.05, 3.63) is 60.2 Å². The lowest BCUT2D eigenvalue weighted by atomic mass is 9.95. The first kappa shape index (κ1) is 12.0. The van der Waals surface area contributed by atoms with Gasteiger partial charge in [-0.15, -0.1) is 5.10 Å². The second-order valence-electron chi connectivity index (χ2n) is 4.74. The molecule has 98 valence electrons. The summed E-state index contributed by atoms with van der Waals surface area (Å²) in [5.41, 5.74) is 1.27. The Balaban J connectivity index is 1.81. The van der Waals surface area contributed by atoms with E-state index < -0.39 is 0 Å². The fourth-order valence-corrected chi connectivity index (χ4v) is 2.55. The van der Waals surface area contributed by atoms with Crippen LogP contribution in [0.5, 0.6) is 0 Å². The molecule has 0 spiro atoms. The lowest BCUT2D eigenvalue weighted by molar-refractivity contribution is 0.241. The number of allylic oxidation sites excluding steroid dienone is 2. The van der Waals surface area contributed by atoms with Gasteiger partial charge in [0.2, 0.25) is 5.90 Å². The first-order valence-corrected chi connectivity index (χ1v) is 6.75. The minimum absolute atomic E-state index is 0.258. The van der Waals surface area contributed by atoms with E-state index >= 15 is 0 Å². The van der Waals surface area contributed by atoms with Crippen molar-refractivity contribution in [2.24, 2.45) is 11.0 Å². The molecular formula is C16H18N2O. The summed E-state index contributed by atoms with van der Waals surface area (Å²) in [5, 5.41) is 6.76. The van der Waals surface area contributed by atoms with Crippen LogP contribution >= 0.6 is 0 Å². The number of nitrogens with zero attached hydrogens (tertiary/aromatic N) is 2. The third-order valence-corrected chi connectivity index (χ3v) is 3.44. The molecule has 0 bridgehead atoms. The van der Waals surface area contributed by atoms with Crippen LogP contribution in [0.25, 0.3) is 0 Å². The smallest absolute Gasteiger partial charge is 0.215 e. The van der Waals surface area contributed by atoms with Crippen LogP contribution in [-0.4, -0.2) is 23.6 Å². The van der Waals surface area contributed by atoms with Crippen molar-refractivity contribution < 1.29 is 4.74 Å². The Kier molecular flexibility index (Phi) is 3.36. The minimum Gasteiger partial charge on any atom is -0.480 e. The zero-order valence-corrected chi connectivity index (χ0v) is 11.1.